The number of hydrogen-bond donors (Lipinski definition) is 2. The Kier molecular flexibility index (Phi) is 8.04. The molecule has 0 aliphatic rings. The van der Waals surface area contributed by atoms with E-state index >= 15 is 0 Å². The lowest BCUT2D eigenvalue weighted by Crippen LogP contribution is -1.87. The molecular weight excluding hydrogens is 360 g/mol. The number of halogens is 2. The highest BCUT2D eigenvalue weighted by Gasteiger charge is 2.11. The maximum absolute atomic E-state index is 13.8. The van der Waals surface area contributed by atoms with E-state index in [0.717, 1.165) is 35.1 Å². The van der Waals surface area contributed by atoms with Crippen LogP contribution in [0, 0.1) is 0 Å². The van der Waals surface area contributed by atoms with Crippen LogP contribution in [0.1, 0.15) is 52.1 Å². The number of hydrogen-bond acceptors (Lipinski definition) is 3. The fourth-order valence-electron chi connectivity index (χ4n) is 2.70. The number of aryl methyl sites for hydroxylation is 1. The zero-order valence-corrected chi connectivity index (χ0v) is 16.8. The van der Waals surface area contributed by atoms with Crippen LogP contribution in [0.2, 0.25) is 0 Å². The van der Waals surface area contributed by atoms with E-state index in [1.807, 2.05) is 32.0 Å². The summed E-state index contributed by atoms with van der Waals surface area (Å²) < 4.78 is 27.2. The van der Waals surface area contributed by atoms with Gasteiger partial charge in [-0.3, -0.25) is 10.2 Å². The van der Waals surface area contributed by atoms with E-state index in [0.29, 0.717) is 17.9 Å². The van der Waals surface area contributed by atoms with Crippen LogP contribution in [0.3, 0.4) is 0 Å². The summed E-state index contributed by atoms with van der Waals surface area (Å²) in [5.41, 5.74) is 2.32. The number of benzene rings is 1. The summed E-state index contributed by atoms with van der Waals surface area (Å²) in [6.45, 7) is 7.84. The second-order valence-corrected chi connectivity index (χ2v) is 6.01. The van der Waals surface area contributed by atoms with Crippen LogP contribution < -0.4 is 0 Å². The van der Waals surface area contributed by atoms with Crippen LogP contribution in [-0.4, -0.2) is 25.4 Å². The Morgan fingerprint density at radius 2 is 1.79 bits per heavy atom. The highest BCUT2D eigenvalue weighted by Crippen LogP contribution is 2.24. The number of allylic oxidation sites excluding steroid dienone is 4. The normalized spacial score (nSPS) is 12.2. The molecule has 1 aromatic carbocycles. The van der Waals surface area contributed by atoms with E-state index in [1.165, 1.54) is 12.2 Å². The lowest BCUT2D eigenvalue weighted by atomic mass is 10.1. The highest BCUT2D eigenvalue weighted by molar-refractivity contribution is 5.85. The van der Waals surface area contributed by atoms with E-state index in [-0.39, 0.29) is 6.42 Å². The third-order valence-corrected chi connectivity index (χ3v) is 4.01. The summed E-state index contributed by atoms with van der Waals surface area (Å²) in [7, 11) is 0. The largest absolute Gasteiger partial charge is 0.281 e. The second-order valence-electron chi connectivity index (χ2n) is 6.01. The zero-order valence-electron chi connectivity index (χ0n) is 16.8. The van der Waals surface area contributed by atoms with Gasteiger partial charge in [-0.1, -0.05) is 27.7 Å². The number of nitrogens with zero attached hydrogens (tertiary/aromatic N) is 3. The predicted molar refractivity (Wildman–Crippen MR) is 109 cm³/mol. The van der Waals surface area contributed by atoms with Gasteiger partial charge in [-0.15, -0.1) is 0 Å². The van der Waals surface area contributed by atoms with Crippen molar-refractivity contribution in [3.8, 4) is 11.4 Å². The molecule has 0 amide bonds. The Hall–Kier alpha value is -2.83. The van der Waals surface area contributed by atoms with Crippen molar-refractivity contribution in [2.45, 2.75) is 53.4 Å². The fraction of sp³-hybridized carbons (Fsp3) is 0.381. The molecule has 7 heteroatoms. The van der Waals surface area contributed by atoms with Crippen LogP contribution in [0.15, 0.2) is 42.0 Å². The van der Waals surface area contributed by atoms with Crippen molar-refractivity contribution in [3.63, 3.8) is 0 Å². The summed E-state index contributed by atoms with van der Waals surface area (Å²) in [5.74, 6) is -0.232. The van der Waals surface area contributed by atoms with E-state index in [4.69, 9.17) is 0 Å². The SMILES string of the molecule is CC.CC/C=C(F)\C(F)=C/Cc1[nH]nc2ccc(-c3n[nH]c(CCC)n3)cc12. The maximum Gasteiger partial charge on any atom is 0.181 e. The molecule has 0 aliphatic carbocycles. The van der Waals surface area contributed by atoms with Crippen LogP contribution in [0.5, 0.6) is 0 Å². The predicted octanol–water partition coefficient (Wildman–Crippen LogP) is 5.99. The lowest BCUT2D eigenvalue weighted by Gasteiger charge is -1.98. The lowest BCUT2D eigenvalue weighted by molar-refractivity contribution is 0.539. The Balaban J connectivity index is 0.00000136. The molecule has 5 nitrogen and oxygen atoms in total. The Bertz CT molecular complexity index is 953. The van der Waals surface area contributed by atoms with Crippen molar-refractivity contribution in [2.24, 2.45) is 0 Å². The maximum atomic E-state index is 13.8. The molecule has 0 atom stereocenters. The van der Waals surface area contributed by atoms with Crippen molar-refractivity contribution in [2.75, 3.05) is 0 Å². The molecule has 150 valence electrons. The average molecular weight is 387 g/mol. The molecule has 3 aromatic rings. The van der Waals surface area contributed by atoms with Crippen molar-refractivity contribution in [1.82, 2.24) is 25.4 Å². The van der Waals surface area contributed by atoms with Gasteiger partial charge in [0, 0.05) is 29.5 Å². The third kappa shape index (κ3) is 5.12. The Morgan fingerprint density at radius 1 is 1.04 bits per heavy atom. The molecule has 2 heterocycles. The molecule has 0 radical (unpaired) electrons. The highest BCUT2D eigenvalue weighted by atomic mass is 19.2. The van der Waals surface area contributed by atoms with E-state index in [9.17, 15) is 8.78 Å². The van der Waals surface area contributed by atoms with Crippen molar-refractivity contribution in [3.05, 3.63) is 53.5 Å². The first kappa shape index (κ1) is 21.5. The van der Waals surface area contributed by atoms with Gasteiger partial charge in [0.25, 0.3) is 0 Å². The van der Waals surface area contributed by atoms with Crippen LogP contribution in [0.25, 0.3) is 22.3 Å². The quantitative estimate of drug-likeness (QED) is 0.490. The molecule has 0 unspecified atom stereocenters. The monoisotopic (exact) mass is 387 g/mol. The van der Waals surface area contributed by atoms with Gasteiger partial charge in [-0.05, 0) is 43.2 Å². The van der Waals surface area contributed by atoms with Gasteiger partial charge < -0.3 is 0 Å². The molecule has 2 N–H and O–H groups in total. The first-order valence-electron chi connectivity index (χ1n) is 9.72. The summed E-state index contributed by atoms with van der Waals surface area (Å²) in [5, 5.41) is 15.1. The van der Waals surface area contributed by atoms with Gasteiger partial charge in [-0.25, -0.2) is 13.8 Å². The van der Waals surface area contributed by atoms with Crippen LogP contribution in [-0.2, 0) is 12.8 Å². The van der Waals surface area contributed by atoms with E-state index in [2.05, 4.69) is 32.3 Å². The molecule has 0 aliphatic heterocycles. The second kappa shape index (κ2) is 10.5. The topological polar surface area (TPSA) is 70.2 Å². The minimum Gasteiger partial charge on any atom is -0.281 e. The van der Waals surface area contributed by atoms with Gasteiger partial charge in [0.1, 0.15) is 5.82 Å². The molecule has 0 saturated heterocycles. The molecule has 0 saturated carbocycles. The standard InChI is InChI=1S/C19H21F2N5.C2H6/c1-3-5-14(20)15(21)8-10-17-13-11-12(7-9-16(13)23-24-17)19-22-18(6-4-2)25-26-19;1-2/h5,7-9,11H,3-4,6,10H2,1-2H3,(H,23,24)(H,22,25,26);1-2H3/b14-5+,15-8+;. The molecular formula is C21H27F2N5. The molecule has 0 fully saturated rings. The Labute approximate surface area is 164 Å². The number of aromatic amines is 2. The molecule has 2 aromatic heterocycles. The van der Waals surface area contributed by atoms with Crippen molar-refractivity contribution in [1.29, 1.82) is 0 Å². The molecule has 0 spiro atoms. The summed E-state index contributed by atoms with van der Waals surface area (Å²) in [6, 6.07) is 5.67. The minimum absolute atomic E-state index is 0.214. The van der Waals surface area contributed by atoms with Gasteiger partial charge in [0.15, 0.2) is 17.5 Å². The number of aromatic nitrogens is 5. The van der Waals surface area contributed by atoms with E-state index in [1.54, 1.807) is 6.92 Å². The zero-order chi connectivity index (χ0) is 20.5. The number of nitrogens with one attached hydrogen (secondary N) is 2. The third-order valence-electron chi connectivity index (χ3n) is 4.01. The van der Waals surface area contributed by atoms with Crippen LogP contribution >= 0.6 is 0 Å². The summed E-state index contributed by atoms with van der Waals surface area (Å²) in [6.07, 6.45) is 4.92. The molecule has 0 bridgehead atoms. The summed E-state index contributed by atoms with van der Waals surface area (Å²) >= 11 is 0. The molecule has 28 heavy (non-hydrogen) atoms. The van der Waals surface area contributed by atoms with Crippen molar-refractivity contribution < 1.29 is 8.78 Å². The van der Waals surface area contributed by atoms with Gasteiger partial charge in [0.2, 0.25) is 0 Å². The minimum atomic E-state index is -0.857. The van der Waals surface area contributed by atoms with Crippen LogP contribution in [0.4, 0.5) is 8.78 Å². The number of fused-ring (bicyclic) bond motifs is 1. The first-order chi connectivity index (χ1) is 13.6. The summed E-state index contributed by atoms with van der Waals surface area (Å²) in [4.78, 5) is 4.48. The Morgan fingerprint density at radius 3 is 2.50 bits per heavy atom. The van der Waals surface area contributed by atoms with Gasteiger partial charge in [0.05, 0.1) is 5.52 Å². The number of H-pyrrole nitrogens is 2. The molecule has 3 rings (SSSR count). The van der Waals surface area contributed by atoms with E-state index < -0.39 is 11.7 Å². The fourth-order valence-corrected chi connectivity index (χ4v) is 2.70. The van der Waals surface area contributed by atoms with Gasteiger partial charge >= 0.3 is 0 Å². The van der Waals surface area contributed by atoms with Crippen molar-refractivity contribution >= 4 is 10.9 Å². The number of rotatable bonds is 7. The average Bonchev–Trinajstić information content (AvgIpc) is 3.34. The smallest absolute Gasteiger partial charge is 0.181 e. The first-order valence-corrected chi connectivity index (χ1v) is 9.72. The van der Waals surface area contributed by atoms with Gasteiger partial charge in [-0.2, -0.15) is 10.2 Å².